The van der Waals surface area contributed by atoms with E-state index in [1.54, 1.807) is 19.2 Å². The minimum Gasteiger partial charge on any atom is -0.497 e. The van der Waals surface area contributed by atoms with Crippen molar-refractivity contribution in [1.82, 2.24) is 4.57 Å². The molecular formula is C19H21N3O4S. The third kappa shape index (κ3) is 3.05. The number of primary sulfonamides is 1. The predicted molar refractivity (Wildman–Crippen MR) is 103 cm³/mol. The number of fused-ring (bicyclic) bond motifs is 2. The lowest BCUT2D eigenvalue weighted by Gasteiger charge is -2.15. The fourth-order valence-electron chi connectivity index (χ4n) is 3.79. The Balaban J connectivity index is 1.77. The molecule has 2 aromatic carbocycles. The molecule has 7 nitrogen and oxygen atoms in total. The number of hydrogen-bond donors (Lipinski definition) is 3. The molecule has 1 aromatic heterocycles. The lowest BCUT2D eigenvalue weighted by atomic mass is 9.92. The molecule has 4 rings (SSSR count). The van der Waals surface area contributed by atoms with E-state index in [1.807, 2.05) is 36.0 Å². The summed E-state index contributed by atoms with van der Waals surface area (Å²) in [5.74, 6) is 0.468. The van der Waals surface area contributed by atoms with Gasteiger partial charge in [-0.1, -0.05) is 0 Å². The Labute approximate surface area is 157 Å². The first-order valence-corrected chi connectivity index (χ1v) is 10.1. The average Bonchev–Trinajstić information content (AvgIpc) is 3.10. The highest BCUT2D eigenvalue weighted by Gasteiger charge is 2.32. The molecule has 4 N–H and O–H groups in total. The van der Waals surface area contributed by atoms with E-state index >= 15 is 0 Å². The molecule has 0 amide bonds. The van der Waals surface area contributed by atoms with Gasteiger partial charge in [0.15, 0.2) is 0 Å². The van der Waals surface area contributed by atoms with Crippen LogP contribution in [0.5, 0.6) is 5.75 Å². The van der Waals surface area contributed by atoms with Crippen molar-refractivity contribution in [2.45, 2.75) is 23.5 Å². The van der Waals surface area contributed by atoms with Crippen molar-refractivity contribution < 1.29 is 18.3 Å². The van der Waals surface area contributed by atoms with Gasteiger partial charge in [-0.2, -0.15) is 0 Å². The third-order valence-electron chi connectivity index (χ3n) is 5.15. The number of aromatic nitrogens is 1. The van der Waals surface area contributed by atoms with Gasteiger partial charge in [-0.05, 0) is 53.9 Å². The standard InChI is InChI=1S/C19H21N3O4S/c1-22-10-11(14-8-12(26-2)3-6-18(14)22)7-16-15-9-13(27(20,24)25)4-5-17(15)21-19(16)23/h3-6,8-10,16,19,21,23H,7H2,1-2H3,(H2,20,24,25). The number of ether oxygens (including phenoxy) is 1. The van der Waals surface area contributed by atoms with Gasteiger partial charge in [0.25, 0.3) is 0 Å². The fraction of sp³-hybridized carbons (Fsp3) is 0.263. The van der Waals surface area contributed by atoms with Gasteiger partial charge < -0.3 is 19.7 Å². The highest BCUT2D eigenvalue weighted by molar-refractivity contribution is 7.89. The molecule has 1 aliphatic heterocycles. The summed E-state index contributed by atoms with van der Waals surface area (Å²) < 4.78 is 30.8. The topological polar surface area (TPSA) is 107 Å². The zero-order chi connectivity index (χ0) is 19.3. The molecule has 142 valence electrons. The van der Waals surface area contributed by atoms with Gasteiger partial charge in [0, 0.05) is 35.8 Å². The molecule has 2 unspecified atom stereocenters. The lowest BCUT2D eigenvalue weighted by Crippen LogP contribution is -2.21. The van der Waals surface area contributed by atoms with Gasteiger partial charge in [-0.15, -0.1) is 0 Å². The van der Waals surface area contributed by atoms with E-state index in [0.717, 1.165) is 33.5 Å². The predicted octanol–water partition coefficient (Wildman–Crippen LogP) is 1.90. The van der Waals surface area contributed by atoms with Crippen LogP contribution >= 0.6 is 0 Å². The number of nitrogens with one attached hydrogen (secondary N) is 1. The molecule has 2 heterocycles. The molecule has 0 radical (unpaired) electrons. The second kappa shape index (κ2) is 6.26. The molecular weight excluding hydrogens is 366 g/mol. The Bertz CT molecular complexity index is 1140. The van der Waals surface area contributed by atoms with Crippen LogP contribution in [0.25, 0.3) is 10.9 Å². The van der Waals surface area contributed by atoms with Crippen LogP contribution in [0.3, 0.4) is 0 Å². The van der Waals surface area contributed by atoms with E-state index < -0.39 is 16.3 Å². The number of aliphatic hydroxyl groups is 1. The van der Waals surface area contributed by atoms with E-state index in [0.29, 0.717) is 6.42 Å². The molecule has 0 saturated heterocycles. The van der Waals surface area contributed by atoms with Crippen LogP contribution in [0.4, 0.5) is 5.69 Å². The number of sulfonamides is 1. The molecule has 27 heavy (non-hydrogen) atoms. The number of nitrogens with two attached hydrogens (primary N) is 1. The second-order valence-corrected chi connectivity index (χ2v) is 8.40. The highest BCUT2D eigenvalue weighted by atomic mass is 32.2. The van der Waals surface area contributed by atoms with Crippen LogP contribution < -0.4 is 15.2 Å². The molecule has 8 heteroatoms. The van der Waals surface area contributed by atoms with E-state index in [9.17, 15) is 13.5 Å². The zero-order valence-corrected chi connectivity index (χ0v) is 15.8. The Morgan fingerprint density at radius 2 is 2.04 bits per heavy atom. The monoisotopic (exact) mass is 387 g/mol. The summed E-state index contributed by atoms with van der Waals surface area (Å²) in [5, 5.41) is 19.8. The first-order valence-electron chi connectivity index (χ1n) is 8.51. The van der Waals surface area contributed by atoms with Crippen molar-refractivity contribution in [1.29, 1.82) is 0 Å². The van der Waals surface area contributed by atoms with Gasteiger partial charge in [0.1, 0.15) is 12.0 Å². The lowest BCUT2D eigenvalue weighted by molar-refractivity contribution is 0.179. The van der Waals surface area contributed by atoms with E-state index in [4.69, 9.17) is 9.88 Å². The maximum Gasteiger partial charge on any atom is 0.238 e. The van der Waals surface area contributed by atoms with Gasteiger partial charge in [-0.3, -0.25) is 0 Å². The Morgan fingerprint density at radius 3 is 2.74 bits per heavy atom. The number of methoxy groups -OCH3 is 1. The Hall–Kier alpha value is -2.55. The van der Waals surface area contributed by atoms with Crippen LogP contribution in [0.15, 0.2) is 47.5 Å². The smallest absolute Gasteiger partial charge is 0.238 e. The molecule has 3 aromatic rings. The second-order valence-electron chi connectivity index (χ2n) is 6.84. The highest BCUT2D eigenvalue weighted by Crippen LogP contribution is 2.40. The summed E-state index contributed by atoms with van der Waals surface area (Å²) in [5.41, 5.74) is 3.57. The molecule has 1 aliphatic rings. The van der Waals surface area contributed by atoms with Crippen LogP contribution in [-0.2, 0) is 23.5 Å². The maximum atomic E-state index is 11.7. The molecule has 0 fully saturated rings. The molecule has 2 atom stereocenters. The minimum absolute atomic E-state index is 0.0433. The number of benzene rings is 2. The van der Waals surface area contributed by atoms with Gasteiger partial charge >= 0.3 is 0 Å². The number of aliphatic hydroxyl groups excluding tert-OH is 1. The summed E-state index contributed by atoms with van der Waals surface area (Å²) >= 11 is 0. The van der Waals surface area contributed by atoms with Gasteiger partial charge in [0.2, 0.25) is 10.0 Å². The Morgan fingerprint density at radius 1 is 1.26 bits per heavy atom. The summed E-state index contributed by atoms with van der Waals surface area (Å²) in [4.78, 5) is 0.0433. The number of hydrogen-bond acceptors (Lipinski definition) is 5. The first-order chi connectivity index (χ1) is 12.8. The summed E-state index contributed by atoms with van der Waals surface area (Å²) in [6.07, 6.45) is 1.76. The van der Waals surface area contributed by atoms with Crippen molar-refractivity contribution in [3.8, 4) is 5.75 Å². The third-order valence-corrected chi connectivity index (χ3v) is 6.07. The van der Waals surface area contributed by atoms with Crippen LogP contribution in [-0.4, -0.2) is 31.4 Å². The maximum absolute atomic E-state index is 11.7. The van der Waals surface area contributed by atoms with E-state index in [-0.39, 0.29) is 10.8 Å². The fourth-order valence-corrected chi connectivity index (χ4v) is 4.34. The van der Waals surface area contributed by atoms with E-state index in [2.05, 4.69) is 5.32 Å². The summed E-state index contributed by atoms with van der Waals surface area (Å²) in [6, 6.07) is 10.5. The van der Waals surface area contributed by atoms with Crippen molar-refractivity contribution in [2.75, 3.05) is 12.4 Å². The number of aryl methyl sites for hydroxylation is 1. The molecule has 0 saturated carbocycles. The average molecular weight is 387 g/mol. The Kier molecular flexibility index (Phi) is 4.14. The van der Waals surface area contributed by atoms with Crippen molar-refractivity contribution in [3.63, 3.8) is 0 Å². The zero-order valence-electron chi connectivity index (χ0n) is 15.0. The van der Waals surface area contributed by atoms with E-state index in [1.165, 1.54) is 6.07 Å². The summed E-state index contributed by atoms with van der Waals surface area (Å²) in [7, 11) is -0.216. The number of nitrogens with zero attached hydrogens (tertiary/aromatic N) is 1. The van der Waals surface area contributed by atoms with Crippen LogP contribution in [0.2, 0.25) is 0 Å². The van der Waals surface area contributed by atoms with Gasteiger partial charge in [-0.25, -0.2) is 13.6 Å². The van der Waals surface area contributed by atoms with Crippen molar-refractivity contribution in [3.05, 3.63) is 53.7 Å². The molecule has 0 aliphatic carbocycles. The largest absolute Gasteiger partial charge is 0.497 e. The molecule has 0 spiro atoms. The molecule has 0 bridgehead atoms. The SMILES string of the molecule is COc1ccc2c(c1)c(CC1c3cc(S(N)(=O)=O)ccc3NC1O)cn2C. The van der Waals surface area contributed by atoms with Crippen LogP contribution in [0.1, 0.15) is 17.0 Å². The first kappa shape index (κ1) is 17.8. The number of anilines is 1. The summed E-state index contributed by atoms with van der Waals surface area (Å²) in [6.45, 7) is 0. The quantitative estimate of drug-likeness (QED) is 0.634. The minimum atomic E-state index is -3.81. The van der Waals surface area contributed by atoms with Crippen LogP contribution in [0, 0.1) is 0 Å². The van der Waals surface area contributed by atoms with Gasteiger partial charge in [0.05, 0.1) is 12.0 Å². The normalized spacial score (nSPS) is 19.1. The van der Waals surface area contributed by atoms with Crippen molar-refractivity contribution in [2.24, 2.45) is 12.2 Å². The van der Waals surface area contributed by atoms with Crippen molar-refractivity contribution >= 4 is 26.6 Å². The number of rotatable bonds is 4.